The lowest BCUT2D eigenvalue weighted by Crippen LogP contribution is -1.95. The highest BCUT2D eigenvalue weighted by Crippen LogP contribution is 2.19. The Kier molecular flexibility index (Phi) is 3.52. The summed E-state index contributed by atoms with van der Waals surface area (Å²) in [5.41, 5.74) is 1.50. The molecule has 2 nitrogen and oxygen atoms in total. The van der Waals surface area contributed by atoms with E-state index in [0.717, 1.165) is 10.8 Å². The first-order valence-corrected chi connectivity index (χ1v) is 4.41. The number of hydrogen-bond acceptors (Lipinski definition) is 1. The van der Waals surface area contributed by atoms with Gasteiger partial charge in [-0.3, -0.25) is 0 Å². The highest BCUT2D eigenvalue weighted by Gasteiger charge is 2.03. The third kappa shape index (κ3) is 2.20. The lowest BCUT2D eigenvalue weighted by molar-refractivity contribution is 0.0697. The number of aromatic carboxylic acids is 1. The van der Waals surface area contributed by atoms with E-state index < -0.39 is 5.97 Å². The number of hydrogen-bond donors (Lipinski definition) is 1. The van der Waals surface area contributed by atoms with Gasteiger partial charge in [-0.15, -0.1) is 0 Å². The van der Waals surface area contributed by atoms with Gasteiger partial charge in [0, 0.05) is 0 Å². The van der Waals surface area contributed by atoms with Gasteiger partial charge in [0.1, 0.15) is 0 Å². The van der Waals surface area contributed by atoms with E-state index in [1.165, 1.54) is 5.56 Å². The highest BCUT2D eigenvalue weighted by molar-refractivity contribution is 5.95. The second-order valence-corrected chi connectivity index (χ2v) is 3.32. The average Bonchev–Trinajstić information content (AvgIpc) is 2.17. The molecule has 3 heteroatoms. The van der Waals surface area contributed by atoms with Crippen LogP contribution in [0.2, 0.25) is 0 Å². The van der Waals surface area contributed by atoms with E-state index in [-0.39, 0.29) is 17.4 Å². The minimum atomic E-state index is -0.881. The summed E-state index contributed by atoms with van der Waals surface area (Å²) < 4.78 is 0. The van der Waals surface area contributed by atoms with Gasteiger partial charge in [0.05, 0.1) is 5.56 Å². The van der Waals surface area contributed by atoms with Crippen molar-refractivity contribution in [2.75, 3.05) is 0 Å². The van der Waals surface area contributed by atoms with Crippen LogP contribution in [0.1, 0.15) is 15.9 Å². The molecule has 0 aliphatic carbocycles. The summed E-state index contributed by atoms with van der Waals surface area (Å²) in [7, 11) is 0. The molecule has 0 aromatic heterocycles. The van der Waals surface area contributed by atoms with Crippen molar-refractivity contribution in [3.63, 3.8) is 0 Å². The van der Waals surface area contributed by atoms with Crippen molar-refractivity contribution in [3.8, 4) is 0 Å². The van der Waals surface area contributed by atoms with Gasteiger partial charge < -0.3 is 5.11 Å². The predicted molar refractivity (Wildman–Crippen MR) is 65.6 cm³/mol. The van der Waals surface area contributed by atoms with Gasteiger partial charge in [-0.05, 0) is 35.4 Å². The zero-order valence-corrected chi connectivity index (χ0v) is 7.82. The normalized spacial score (nSPS) is 9.67. The summed E-state index contributed by atoms with van der Waals surface area (Å²) in [5, 5.41) is 10.9. The van der Waals surface area contributed by atoms with Gasteiger partial charge in [0.25, 0.3) is 0 Å². The monoisotopic (exact) mass is 216 g/mol. The van der Waals surface area contributed by atoms with Crippen LogP contribution in [-0.4, -0.2) is 28.4 Å². The second kappa shape index (κ2) is 4.48. The van der Waals surface area contributed by atoms with Crippen molar-refractivity contribution in [1.82, 2.24) is 0 Å². The predicted octanol–water partition coefficient (Wildman–Crippen LogP) is 1.66. The Balaban J connectivity index is 0.00000112. The molecule has 0 aliphatic rings. The third-order valence-electron chi connectivity index (χ3n) is 2.35. The fraction of sp³-hybridized carbons (Fsp3) is 0.0833. The Morgan fingerprint density at radius 3 is 2.60 bits per heavy atom. The van der Waals surface area contributed by atoms with Crippen molar-refractivity contribution in [2.24, 2.45) is 0 Å². The number of carboxylic acids is 1. The van der Waals surface area contributed by atoms with Crippen LogP contribution in [0, 0.1) is 6.92 Å². The molecule has 2 rings (SSSR count). The number of rotatable bonds is 1. The quantitative estimate of drug-likeness (QED) is 0.736. The molecular formula is C12H13AlO2. The van der Waals surface area contributed by atoms with Gasteiger partial charge >= 0.3 is 5.97 Å². The molecule has 0 saturated heterocycles. The summed E-state index contributed by atoms with van der Waals surface area (Å²) >= 11 is 0. The first-order chi connectivity index (χ1) is 6.68. The van der Waals surface area contributed by atoms with E-state index >= 15 is 0 Å². The highest BCUT2D eigenvalue weighted by atomic mass is 27.0. The molecule has 15 heavy (non-hydrogen) atoms. The zero-order chi connectivity index (χ0) is 10.1. The summed E-state index contributed by atoms with van der Waals surface area (Å²) in [4.78, 5) is 10.7. The average molecular weight is 216 g/mol. The molecule has 0 amide bonds. The van der Waals surface area contributed by atoms with Crippen LogP contribution in [0.4, 0.5) is 0 Å². The number of carbonyl (C=O) groups is 1. The fourth-order valence-corrected chi connectivity index (χ4v) is 1.58. The van der Waals surface area contributed by atoms with Crippen LogP contribution in [0.15, 0.2) is 36.4 Å². The molecule has 0 saturated carbocycles. The number of fused-ring (bicyclic) bond motifs is 1. The largest absolute Gasteiger partial charge is 0.478 e. The first kappa shape index (κ1) is 11.8. The van der Waals surface area contributed by atoms with Crippen LogP contribution in [0.25, 0.3) is 10.8 Å². The molecule has 0 spiro atoms. The Bertz CT molecular complexity index is 506. The summed E-state index contributed by atoms with van der Waals surface area (Å²) in [6.45, 7) is 2.02. The van der Waals surface area contributed by atoms with Crippen LogP contribution >= 0.6 is 0 Å². The van der Waals surface area contributed by atoms with Gasteiger partial charge in [-0.25, -0.2) is 4.79 Å². The molecule has 0 bridgehead atoms. The molecule has 0 aliphatic heterocycles. The fourth-order valence-electron chi connectivity index (χ4n) is 1.58. The minimum absolute atomic E-state index is 0. The minimum Gasteiger partial charge on any atom is -0.478 e. The summed E-state index contributed by atoms with van der Waals surface area (Å²) in [5.74, 6) is -0.881. The van der Waals surface area contributed by atoms with Crippen molar-refractivity contribution in [3.05, 3.63) is 47.5 Å². The Labute approximate surface area is 98.7 Å². The van der Waals surface area contributed by atoms with E-state index in [2.05, 4.69) is 0 Å². The molecule has 2 aromatic rings. The second-order valence-electron chi connectivity index (χ2n) is 3.32. The topological polar surface area (TPSA) is 37.3 Å². The van der Waals surface area contributed by atoms with E-state index in [1.54, 1.807) is 12.1 Å². The van der Waals surface area contributed by atoms with Crippen LogP contribution in [-0.2, 0) is 0 Å². The Hall–Kier alpha value is -1.30. The lowest BCUT2D eigenvalue weighted by atomic mass is 10.0. The Morgan fingerprint density at radius 1 is 1.20 bits per heavy atom. The molecule has 0 atom stereocenters. The molecule has 76 valence electrons. The molecule has 1 N–H and O–H groups in total. The molecule has 0 radical (unpaired) electrons. The number of aryl methyl sites for hydroxylation is 1. The number of carboxylic acid groups (broad SMARTS) is 1. The van der Waals surface area contributed by atoms with Crippen molar-refractivity contribution < 1.29 is 9.90 Å². The standard InChI is InChI=1S/C12H10O2.Al.3H/c1-8-3-2-4-9-7-10(12(13)14)5-6-11(8)9;;;;/h2-7H,1H3,(H,13,14);;;;. The summed E-state index contributed by atoms with van der Waals surface area (Å²) in [6, 6.07) is 11.1. The van der Waals surface area contributed by atoms with E-state index in [1.807, 2.05) is 31.2 Å². The van der Waals surface area contributed by atoms with Crippen LogP contribution < -0.4 is 0 Å². The van der Waals surface area contributed by atoms with E-state index in [4.69, 9.17) is 5.11 Å². The molecule has 0 heterocycles. The van der Waals surface area contributed by atoms with Crippen LogP contribution in [0.3, 0.4) is 0 Å². The van der Waals surface area contributed by atoms with Gasteiger partial charge in [-0.1, -0.05) is 24.3 Å². The van der Waals surface area contributed by atoms with Crippen molar-refractivity contribution in [1.29, 1.82) is 0 Å². The maximum Gasteiger partial charge on any atom is 0.335 e. The smallest absolute Gasteiger partial charge is 0.335 e. The van der Waals surface area contributed by atoms with E-state index in [0.29, 0.717) is 5.56 Å². The van der Waals surface area contributed by atoms with Gasteiger partial charge in [0.15, 0.2) is 17.4 Å². The molecule has 2 aromatic carbocycles. The van der Waals surface area contributed by atoms with Crippen molar-refractivity contribution >= 4 is 34.1 Å². The van der Waals surface area contributed by atoms with Crippen LogP contribution in [0.5, 0.6) is 0 Å². The maximum absolute atomic E-state index is 10.7. The SMILES string of the molecule is Cc1cccc2cc(C(=O)O)ccc12.[AlH3]. The van der Waals surface area contributed by atoms with Gasteiger partial charge in [0.2, 0.25) is 0 Å². The third-order valence-corrected chi connectivity index (χ3v) is 2.35. The van der Waals surface area contributed by atoms with Gasteiger partial charge in [-0.2, -0.15) is 0 Å². The first-order valence-electron chi connectivity index (χ1n) is 4.41. The number of benzene rings is 2. The van der Waals surface area contributed by atoms with E-state index in [9.17, 15) is 4.79 Å². The maximum atomic E-state index is 10.7. The Morgan fingerprint density at radius 2 is 1.93 bits per heavy atom. The summed E-state index contributed by atoms with van der Waals surface area (Å²) in [6.07, 6.45) is 0. The zero-order valence-electron chi connectivity index (χ0n) is 7.82. The molecule has 0 unspecified atom stereocenters. The lowest BCUT2D eigenvalue weighted by Gasteiger charge is -2.02. The van der Waals surface area contributed by atoms with Crippen molar-refractivity contribution in [2.45, 2.75) is 6.92 Å². The molecule has 0 fully saturated rings. The molecular weight excluding hydrogens is 203 g/mol.